The molecule has 0 spiro atoms. The number of carbonyl (C=O) groups is 3. The van der Waals surface area contributed by atoms with Gasteiger partial charge in [0.1, 0.15) is 24.2 Å². The summed E-state index contributed by atoms with van der Waals surface area (Å²) >= 11 is 2.47. The van der Waals surface area contributed by atoms with E-state index >= 15 is 0 Å². The quantitative estimate of drug-likeness (QED) is 0.114. The summed E-state index contributed by atoms with van der Waals surface area (Å²) in [6.45, 7) is 0.241. The molecule has 2 amide bonds. The predicted molar refractivity (Wildman–Crippen MR) is 136 cm³/mol. The smallest absolute Gasteiger partial charge is 0.276 e. The van der Waals surface area contributed by atoms with Crippen molar-refractivity contribution in [3.8, 4) is 0 Å². The van der Waals surface area contributed by atoms with E-state index in [9.17, 15) is 19.5 Å². The van der Waals surface area contributed by atoms with Gasteiger partial charge in [-0.2, -0.15) is 0 Å². The number of fused-ring (bicyclic) bond motifs is 2. The monoisotopic (exact) mass is 539 g/mol. The lowest BCUT2D eigenvalue weighted by Gasteiger charge is -2.50. The summed E-state index contributed by atoms with van der Waals surface area (Å²) < 4.78 is 1.83. The molecule has 1 saturated heterocycles. The summed E-state index contributed by atoms with van der Waals surface area (Å²) in [7, 11) is 1.27. The summed E-state index contributed by atoms with van der Waals surface area (Å²) in [6, 6.07) is 6.46. The lowest BCUT2D eigenvalue weighted by Crippen LogP contribution is -2.71. The van der Waals surface area contributed by atoms with Crippen molar-refractivity contribution in [2.75, 3.05) is 24.3 Å². The molecule has 0 radical (unpaired) electrons. The topological polar surface area (TPSA) is 180 Å². The molecular weight excluding hydrogens is 518 g/mol. The van der Waals surface area contributed by atoms with E-state index < -0.39 is 29.2 Å². The number of thioether (sulfide) groups is 1. The van der Waals surface area contributed by atoms with E-state index in [2.05, 4.69) is 15.5 Å². The molecule has 12 nitrogen and oxygen atoms in total. The van der Waals surface area contributed by atoms with Gasteiger partial charge in [-0.3, -0.25) is 14.5 Å². The number of amides is 2. The van der Waals surface area contributed by atoms with Crippen LogP contribution in [0.1, 0.15) is 5.69 Å². The fourth-order valence-electron chi connectivity index (χ4n) is 4.31. The lowest BCUT2D eigenvalue weighted by atomic mass is 10.0. The van der Waals surface area contributed by atoms with Gasteiger partial charge >= 0.3 is 0 Å². The predicted octanol–water partition coefficient (Wildman–Crippen LogP) is -0.797. The molecule has 2 atom stereocenters. The number of carboxylic acids is 1. The van der Waals surface area contributed by atoms with Crippen LogP contribution in [-0.4, -0.2) is 57.7 Å². The Morgan fingerprint density at radius 3 is 2.86 bits per heavy atom. The Morgan fingerprint density at radius 1 is 1.35 bits per heavy atom. The number of aromatic nitrogens is 2. The highest BCUT2D eigenvalue weighted by atomic mass is 32.2. The number of rotatable bonds is 7. The molecule has 0 bridgehead atoms. The van der Waals surface area contributed by atoms with Crippen LogP contribution < -0.4 is 26.5 Å². The number of hydrogen-bond acceptors (Lipinski definition) is 11. The molecule has 2 aliphatic rings. The number of nitrogens with zero attached hydrogens (tertiary/aromatic N) is 4. The first-order valence-electron chi connectivity index (χ1n) is 11.0. The number of β-lactam (4-membered cyclic amide) rings is 1. The molecule has 190 valence electrons. The molecule has 1 fully saturated rings. The van der Waals surface area contributed by atoms with E-state index in [0.29, 0.717) is 17.0 Å². The van der Waals surface area contributed by atoms with Gasteiger partial charge in [0.15, 0.2) is 29.8 Å². The Morgan fingerprint density at radius 2 is 2.16 bits per heavy atom. The third kappa shape index (κ3) is 4.44. The van der Waals surface area contributed by atoms with Gasteiger partial charge < -0.3 is 31.5 Å². The number of pyridine rings is 1. The molecule has 1 aromatic carbocycles. The maximum Gasteiger partial charge on any atom is 0.276 e. The van der Waals surface area contributed by atoms with E-state index in [4.69, 9.17) is 16.3 Å². The Hall–Kier alpha value is -4.17. The number of aliphatic carboxylic acids is 1. The first kappa shape index (κ1) is 24.5. The zero-order chi connectivity index (χ0) is 26.3. The number of hydrogen-bond donors (Lipinski definition) is 3. The van der Waals surface area contributed by atoms with Crippen LogP contribution in [0.15, 0.2) is 58.5 Å². The van der Waals surface area contributed by atoms with Crippen molar-refractivity contribution in [1.82, 2.24) is 15.2 Å². The van der Waals surface area contributed by atoms with Crippen molar-refractivity contribution in [2.24, 2.45) is 5.16 Å². The average Bonchev–Trinajstić information content (AvgIpc) is 3.31. The Balaban J connectivity index is 1.36. The highest BCUT2D eigenvalue weighted by Crippen LogP contribution is 2.40. The van der Waals surface area contributed by atoms with Crippen molar-refractivity contribution < 1.29 is 28.9 Å². The van der Waals surface area contributed by atoms with Gasteiger partial charge in [-0.25, -0.2) is 9.55 Å². The van der Waals surface area contributed by atoms with Crippen LogP contribution in [0.25, 0.3) is 10.8 Å². The first-order valence-corrected chi connectivity index (χ1v) is 12.9. The van der Waals surface area contributed by atoms with E-state index in [0.717, 1.165) is 27.0 Å². The number of nitrogens with two attached hydrogens (primary N) is 2. The van der Waals surface area contributed by atoms with E-state index in [1.54, 1.807) is 11.6 Å². The molecule has 1 unspecified atom stereocenters. The third-order valence-electron chi connectivity index (χ3n) is 5.97. The Bertz CT molecular complexity index is 1500. The molecule has 2 aromatic heterocycles. The van der Waals surface area contributed by atoms with E-state index in [1.165, 1.54) is 18.9 Å². The average molecular weight is 540 g/mol. The van der Waals surface area contributed by atoms with Crippen LogP contribution >= 0.6 is 23.1 Å². The molecule has 5 rings (SSSR count). The van der Waals surface area contributed by atoms with Crippen LogP contribution in [0.5, 0.6) is 0 Å². The fourth-order valence-corrected chi connectivity index (χ4v) is 6.20. The highest BCUT2D eigenvalue weighted by molar-refractivity contribution is 8.00. The number of nitrogens with one attached hydrogen (secondary N) is 1. The number of nitrogen functional groups attached to an aromatic ring is 2. The fraction of sp³-hybridized carbons (Fsp3) is 0.217. The SMILES string of the molecule is CON=C(C(=O)NC1C(=O)N2C(C(=O)[O-])=C(C[n+]3ccc4c(N)cccc4c3)CS[C@@H]12)c1csc(N)n1. The molecule has 4 heterocycles. The van der Waals surface area contributed by atoms with Crippen molar-refractivity contribution in [2.45, 2.75) is 18.0 Å². The second-order valence-electron chi connectivity index (χ2n) is 8.26. The van der Waals surface area contributed by atoms with Crippen LogP contribution in [0, 0.1) is 0 Å². The minimum Gasteiger partial charge on any atom is -0.543 e. The van der Waals surface area contributed by atoms with Crippen molar-refractivity contribution in [3.05, 3.63) is 59.0 Å². The molecule has 5 N–H and O–H groups in total. The van der Waals surface area contributed by atoms with Crippen molar-refractivity contribution >= 4 is 68.2 Å². The molecule has 3 aromatic rings. The van der Waals surface area contributed by atoms with Gasteiger partial charge in [0.25, 0.3) is 11.8 Å². The van der Waals surface area contributed by atoms with Crippen LogP contribution in [-0.2, 0) is 25.8 Å². The van der Waals surface area contributed by atoms with Crippen LogP contribution in [0.3, 0.4) is 0 Å². The highest BCUT2D eigenvalue weighted by Gasteiger charge is 2.53. The minimum atomic E-state index is -1.45. The summed E-state index contributed by atoms with van der Waals surface area (Å²) in [4.78, 5) is 48.0. The Kier molecular flexibility index (Phi) is 6.43. The number of thiazole rings is 1. The summed E-state index contributed by atoms with van der Waals surface area (Å²) in [6.07, 6.45) is 3.67. The molecular formula is C23H21N7O5S2. The van der Waals surface area contributed by atoms with Crippen molar-refractivity contribution in [1.29, 1.82) is 0 Å². The second-order valence-corrected chi connectivity index (χ2v) is 10.3. The number of carboxylic acid groups (broad SMARTS) is 1. The summed E-state index contributed by atoms with van der Waals surface area (Å²) in [5, 5.41) is 21.4. The third-order valence-corrected chi connectivity index (χ3v) is 7.99. The van der Waals surface area contributed by atoms with E-state index in [-0.39, 0.29) is 28.8 Å². The first-order chi connectivity index (χ1) is 17.8. The minimum absolute atomic E-state index is 0.146. The largest absolute Gasteiger partial charge is 0.543 e. The van der Waals surface area contributed by atoms with Crippen LogP contribution in [0.4, 0.5) is 10.8 Å². The zero-order valence-electron chi connectivity index (χ0n) is 19.4. The maximum atomic E-state index is 13.0. The van der Waals surface area contributed by atoms with E-state index in [1.807, 2.05) is 35.0 Å². The molecule has 37 heavy (non-hydrogen) atoms. The van der Waals surface area contributed by atoms with Crippen LogP contribution in [0.2, 0.25) is 0 Å². The van der Waals surface area contributed by atoms with Gasteiger partial charge in [0.05, 0.1) is 11.7 Å². The van der Waals surface area contributed by atoms with Gasteiger partial charge in [0, 0.05) is 39.2 Å². The Labute approximate surface area is 218 Å². The molecule has 2 aliphatic heterocycles. The summed E-state index contributed by atoms with van der Waals surface area (Å²) in [5.41, 5.74) is 12.7. The van der Waals surface area contributed by atoms with Gasteiger partial charge in [-0.1, -0.05) is 11.2 Å². The standard InChI is InChI=1S/C23H21N7O5S2/c1-35-28-16(15-10-37-23(25)26-15)19(31)27-17-20(32)30-18(22(33)34)12(9-36-21(17)30)8-29-6-5-13-11(7-29)3-2-4-14(13)24/h2-7,10,17,21H,8-9,24H2,1H3,(H3-,25,26,27,31,33,34)/t17?,21-/m0/s1. The second kappa shape index (κ2) is 9.71. The number of benzene rings is 1. The van der Waals surface area contributed by atoms with Crippen molar-refractivity contribution in [3.63, 3.8) is 0 Å². The normalized spacial score (nSPS) is 19.4. The number of anilines is 2. The molecule has 0 aliphatic carbocycles. The number of oxime groups is 1. The lowest BCUT2D eigenvalue weighted by molar-refractivity contribution is -0.687. The maximum absolute atomic E-state index is 13.0. The molecule has 0 saturated carbocycles. The number of carbonyl (C=O) groups excluding carboxylic acids is 3. The molecule has 14 heteroatoms. The van der Waals surface area contributed by atoms with Gasteiger partial charge in [0.2, 0.25) is 0 Å². The zero-order valence-corrected chi connectivity index (χ0v) is 21.0. The van der Waals surface area contributed by atoms with Gasteiger partial charge in [-0.15, -0.1) is 23.1 Å². The van der Waals surface area contributed by atoms with Gasteiger partial charge in [-0.05, 0) is 12.1 Å². The summed E-state index contributed by atoms with van der Waals surface area (Å²) in [5.74, 6) is -2.38.